The van der Waals surface area contributed by atoms with Crippen molar-refractivity contribution in [1.29, 1.82) is 0 Å². The lowest BCUT2D eigenvalue weighted by atomic mass is 9.74. The number of piperidine rings is 1. The van der Waals surface area contributed by atoms with Gasteiger partial charge in [0.15, 0.2) is 0 Å². The Morgan fingerprint density at radius 3 is 2.56 bits per heavy atom. The third-order valence-corrected chi connectivity index (χ3v) is 8.90. The topological polar surface area (TPSA) is 82.6 Å². The normalized spacial score (nSPS) is 21.1. The molecule has 1 aromatic heterocycles. The fraction of sp³-hybridized carbons (Fsp3) is 0.565. The molecule has 3 heterocycles. The molecule has 1 aromatic carbocycles. The zero-order valence-corrected chi connectivity index (χ0v) is 20.9. The Morgan fingerprint density at radius 2 is 1.97 bits per heavy atom. The van der Waals surface area contributed by atoms with E-state index in [4.69, 9.17) is 0 Å². The van der Waals surface area contributed by atoms with Crippen molar-refractivity contribution in [2.45, 2.75) is 45.6 Å². The number of nitrogens with one attached hydrogen (secondary N) is 1. The van der Waals surface area contributed by atoms with Gasteiger partial charge in [0.05, 0.1) is 23.5 Å². The van der Waals surface area contributed by atoms with Crippen molar-refractivity contribution in [2.24, 2.45) is 5.41 Å². The molecule has 0 atom stereocenters. The van der Waals surface area contributed by atoms with Gasteiger partial charge in [0, 0.05) is 28.7 Å². The van der Waals surface area contributed by atoms with Gasteiger partial charge in [-0.2, -0.15) is 4.31 Å². The maximum atomic E-state index is 12.7. The van der Waals surface area contributed by atoms with Gasteiger partial charge < -0.3 is 5.32 Å². The summed E-state index contributed by atoms with van der Waals surface area (Å²) in [6.07, 6.45) is 4.00. The van der Waals surface area contributed by atoms with Gasteiger partial charge in [0.25, 0.3) is 0 Å². The van der Waals surface area contributed by atoms with Crippen molar-refractivity contribution >= 4 is 33.0 Å². The lowest BCUT2D eigenvalue weighted by Crippen LogP contribution is -2.45. The van der Waals surface area contributed by atoms with Gasteiger partial charge in [0.1, 0.15) is 0 Å². The summed E-state index contributed by atoms with van der Waals surface area (Å²) < 4.78 is 26.1. The van der Waals surface area contributed by atoms with Crippen LogP contribution in [0.5, 0.6) is 0 Å². The van der Waals surface area contributed by atoms with Gasteiger partial charge in [-0.1, -0.05) is 12.1 Å². The summed E-state index contributed by atoms with van der Waals surface area (Å²) in [7, 11) is -3.22. The van der Waals surface area contributed by atoms with E-state index in [-0.39, 0.29) is 16.9 Å². The minimum absolute atomic E-state index is 0.0134. The van der Waals surface area contributed by atoms with Crippen LogP contribution >= 0.6 is 11.3 Å². The molecule has 1 amide bonds. The van der Waals surface area contributed by atoms with Crippen LogP contribution in [0.2, 0.25) is 0 Å². The third kappa shape index (κ3) is 5.06. The van der Waals surface area contributed by atoms with Crippen LogP contribution in [0.15, 0.2) is 29.6 Å². The number of amides is 1. The van der Waals surface area contributed by atoms with Crippen molar-refractivity contribution in [3.8, 4) is 11.3 Å². The van der Waals surface area contributed by atoms with Gasteiger partial charge in [0.2, 0.25) is 15.9 Å². The van der Waals surface area contributed by atoms with E-state index in [1.165, 1.54) is 6.26 Å². The number of carbonyl (C=O) groups excluding carboxylic acids is 1. The molecule has 0 radical (unpaired) electrons. The SMILES string of the molecule is Cc1nc(-c2cccc(NC(=O)CN3CCC4(CC3)CN(S(C)(=O)=O)C(C)(C)C4)c2)cs1. The molecular weight excluding hydrogens is 444 g/mol. The van der Waals surface area contributed by atoms with E-state index in [1.54, 1.807) is 15.6 Å². The molecule has 0 saturated carbocycles. The maximum absolute atomic E-state index is 12.7. The van der Waals surface area contributed by atoms with E-state index in [2.05, 4.69) is 15.2 Å². The van der Waals surface area contributed by atoms with Crippen molar-refractivity contribution in [1.82, 2.24) is 14.2 Å². The highest BCUT2D eigenvalue weighted by Gasteiger charge is 2.52. The summed E-state index contributed by atoms with van der Waals surface area (Å²) in [5, 5.41) is 6.05. The van der Waals surface area contributed by atoms with Gasteiger partial charge in [-0.25, -0.2) is 13.4 Å². The van der Waals surface area contributed by atoms with Crippen LogP contribution in [0.25, 0.3) is 11.3 Å². The quantitative estimate of drug-likeness (QED) is 0.713. The Balaban J connectivity index is 1.33. The van der Waals surface area contributed by atoms with E-state index in [0.29, 0.717) is 13.1 Å². The van der Waals surface area contributed by atoms with Crippen LogP contribution in [-0.2, 0) is 14.8 Å². The molecule has 1 spiro atoms. The maximum Gasteiger partial charge on any atom is 0.238 e. The van der Waals surface area contributed by atoms with E-state index in [0.717, 1.165) is 54.3 Å². The van der Waals surface area contributed by atoms with Crippen molar-refractivity contribution < 1.29 is 13.2 Å². The van der Waals surface area contributed by atoms with Crippen LogP contribution < -0.4 is 5.32 Å². The number of sulfonamides is 1. The summed E-state index contributed by atoms with van der Waals surface area (Å²) in [5.41, 5.74) is 2.35. The molecule has 0 aliphatic carbocycles. The predicted molar refractivity (Wildman–Crippen MR) is 129 cm³/mol. The Hall–Kier alpha value is -1.81. The first-order valence-electron chi connectivity index (χ1n) is 11.0. The summed E-state index contributed by atoms with van der Waals surface area (Å²) in [5.74, 6) is -0.0305. The monoisotopic (exact) mass is 476 g/mol. The standard InChI is InChI=1S/C23H32N4O3S2/c1-17-24-20(14-31-17)18-6-5-7-19(12-18)25-21(28)13-26-10-8-23(9-11-26)15-22(2,3)27(16-23)32(4,29)30/h5-7,12,14H,8-11,13,15-16H2,1-4H3,(H,25,28). The van der Waals surface area contributed by atoms with Gasteiger partial charge in [-0.3, -0.25) is 9.69 Å². The van der Waals surface area contributed by atoms with Crippen LogP contribution in [-0.4, -0.2) is 66.5 Å². The van der Waals surface area contributed by atoms with E-state index < -0.39 is 10.0 Å². The lowest BCUT2D eigenvalue weighted by Gasteiger charge is -2.39. The second kappa shape index (κ2) is 8.52. The number of rotatable bonds is 5. The highest BCUT2D eigenvalue weighted by Crippen LogP contribution is 2.48. The van der Waals surface area contributed by atoms with Gasteiger partial charge in [-0.15, -0.1) is 11.3 Å². The summed E-state index contributed by atoms with van der Waals surface area (Å²) in [4.78, 5) is 19.4. The molecule has 2 fully saturated rings. The predicted octanol–water partition coefficient (Wildman–Crippen LogP) is 3.58. The fourth-order valence-corrected chi connectivity index (χ4v) is 7.42. The molecule has 7 nitrogen and oxygen atoms in total. The molecule has 1 N–H and O–H groups in total. The second-order valence-corrected chi connectivity index (χ2v) is 12.9. The lowest BCUT2D eigenvalue weighted by molar-refractivity contribution is -0.117. The molecule has 0 bridgehead atoms. The zero-order valence-electron chi connectivity index (χ0n) is 19.2. The molecule has 2 aliphatic rings. The highest BCUT2D eigenvalue weighted by molar-refractivity contribution is 7.88. The number of aryl methyl sites for hydroxylation is 1. The fourth-order valence-electron chi connectivity index (χ4n) is 5.32. The van der Waals surface area contributed by atoms with Crippen LogP contribution in [0.1, 0.15) is 38.1 Å². The molecule has 174 valence electrons. The molecule has 2 aliphatic heterocycles. The van der Waals surface area contributed by atoms with E-state index in [9.17, 15) is 13.2 Å². The minimum atomic E-state index is -3.22. The van der Waals surface area contributed by atoms with Crippen molar-refractivity contribution in [3.63, 3.8) is 0 Å². The minimum Gasteiger partial charge on any atom is -0.325 e. The third-order valence-electron chi connectivity index (χ3n) is 6.71. The van der Waals surface area contributed by atoms with Gasteiger partial charge >= 0.3 is 0 Å². The Bertz CT molecular complexity index is 1100. The summed E-state index contributed by atoms with van der Waals surface area (Å²) >= 11 is 1.61. The summed E-state index contributed by atoms with van der Waals surface area (Å²) in [6, 6.07) is 7.78. The second-order valence-electron chi connectivity index (χ2n) is 9.92. The number of aromatic nitrogens is 1. The molecule has 4 rings (SSSR count). The average Bonchev–Trinajstić information content (AvgIpc) is 3.24. The van der Waals surface area contributed by atoms with Crippen LogP contribution in [0, 0.1) is 12.3 Å². The smallest absolute Gasteiger partial charge is 0.238 e. The number of carbonyl (C=O) groups is 1. The molecular formula is C23H32N4O3S2. The van der Waals surface area contributed by atoms with Gasteiger partial charge in [-0.05, 0) is 70.7 Å². The Morgan fingerprint density at radius 1 is 1.25 bits per heavy atom. The number of anilines is 1. The Labute approximate surface area is 194 Å². The molecule has 0 unspecified atom stereocenters. The number of hydrogen-bond acceptors (Lipinski definition) is 6. The average molecular weight is 477 g/mol. The van der Waals surface area contributed by atoms with Crippen LogP contribution in [0.3, 0.4) is 0 Å². The summed E-state index contributed by atoms with van der Waals surface area (Å²) in [6.45, 7) is 8.55. The molecule has 9 heteroatoms. The number of benzene rings is 1. The number of hydrogen-bond donors (Lipinski definition) is 1. The number of thiazole rings is 1. The van der Waals surface area contributed by atoms with E-state index in [1.807, 2.05) is 50.4 Å². The molecule has 32 heavy (non-hydrogen) atoms. The first kappa shape index (κ1) is 23.4. The Kier molecular flexibility index (Phi) is 6.21. The first-order valence-corrected chi connectivity index (χ1v) is 13.7. The number of likely N-dealkylation sites (tertiary alicyclic amines) is 1. The molecule has 2 aromatic rings. The van der Waals surface area contributed by atoms with Crippen molar-refractivity contribution in [2.75, 3.05) is 37.8 Å². The largest absolute Gasteiger partial charge is 0.325 e. The zero-order chi connectivity index (χ0) is 23.1. The number of nitrogens with zero attached hydrogens (tertiary/aromatic N) is 3. The molecule has 2 saturated heterocycles. The van der Waals surface area contributed by atoms with Crippen molar-refractivity contribution in [3.05, 3.63) is 34.7 Å². The van der Waals surface area contributed by atoms with Crippen LogP contribution in [0.4, 0.5) is 5.69 Å². The first-order chi connectivity index (χ1) is 15.0. The van der Waals surface area contributed by atoms with E-state index >= 15 is 0 Å². The highest BCUT2D eigenvalue weighted by atomic mass is 32.2.